The predicted octanol–water partition coefficient (Wildman–Crippen LogP) is 2.77. The number of carbonyl (C=O) groups excluding carboxylic acids is 2. The molecule has 1 atom stereocenters. The van der Waals surface area contributed by atoms with E-state index < -0.39 is 12.1 Å². The van der Waals surface area contributed by atoms with Gasteiger partial charge in [0.25, 0.3) is 0 Å². The van der Waals surface area contributed by atoms with Crippen LogP contribution in [-0.2, 0) is 4.74 Å². The third kappa shape index (κ3) is 3.58. The Morgan fingerprint density at radius 1 is 1.20 bits per heavy atom. The van der Waals surface area contributed by atoms with E-state index in [-0.39, 0.29) is 11.5 Å². The van der Waals surface area contributed by atoms with Gasteiger partial charge in [-0.25, -0.2) is 9.48 Å². The molecular weight excluding hydrogens is 342 g/mol. The molecule has 7 nitrogen and oxygen atoms in total. The highest BCUT2D eigenvalue weighted by Crippen LogP contribution is 2.22. The number of benzene rings is 1. The van der Waals surface area contributed by atoms with Gasteiger partial charge in [0, 0.05) is 0 Å². The summed E-state index contributed by atoms with van der Waals surface area (Å²) in [6, 6.07) is 10.8. The van der Waals surface area contributed by atoms with Gasteiger partial charge in [-0.1, -0.05) is 23.4 Å². The van der Waals surface area contributed by atoms with Crippen LogP contribution >= 0.6 is 11.3 Å². The minimum Gasteiger partial charge on any atom is -0.483 e. The molecule has 0 bridgehead atoms. The molecule has 0 fully saturated rings. The van der Waals surface area contributed by atoms with E-state index in [2.05, 4.69) is 10.3 Å². The Morgan fingerprint density at radius 3 is 2.68 bits per heavy atom. The zero-order valence-corrected chi connectivity index (χ0v) is 14.4. The molecule has 0 aliphatic carbocycles. The van der Waals surface area contributed by atoms with Crippen molar-refractivity contribution < 1.29 is 19.1 Å². The van der Waals surface area contributed by atoms with Crippen LogP contribution in [0, 0.1) is 0 Å². The standard InChI is InChI=1S/C17H15N3O4S/c1-11(24-12-6-4-3-5-7-12)15(21)13-10-20(19-18-13)14-8-9-25-16(14)17(22)23-2/h3-11H,1-2H3/t11-/m0/s1. The van der Waals surface area contributed by atoms with E-state index in [0.717, 1.165) is 0 Å². The first-order valence-corrected chi connectivity index (χ1v) is 8.32. The smallest absolute Gasteiger partial charge is 0.350 e. The van der Waals surface area contributed by atoms with Crippen LogP contribution in [0.25, 0.3) is 5.69 Å². The van der Waals surface area contributed by atoms with Gasteiger partial charge in [-0.15, -0.1) is 16.4 Å². The molecule has 2 aromatic heterocycles. The van der Waals surface area contributed by atoms with Crippen molar-refractivity contribution in [1.82, 2.24) is 15.0 Å². The number of thiophene rings is 1. The number of aromatic nitrogens is 3. The van der Waals surface area contributed by atoms with Crippen LogP contribution in [0.2, 0.25) is 0 Å². The minimum atomic E-state index is -0.713. The number of ether oxygens (including phenoxy) is 2. The Balaban J connectivity index is 1.78. The molecule has 0 aliphatic heterocycles. The molecule has 0 saturated heterocycles. The second-order valence-corrected chi connectivity index (χ2v) is 6.03. The van der Waals surface area contributed by atoms with Gasteiger partial charge in [-0.3, -0.25) is 4.79 Å². The van der Waals surface area contributed by atoms with Gasteiger partial charge in [-0.05, 0) is 30.5 Å². The molecule has 8 heteroatoms. The quantitative estimate of drug-likeness (QED) is 0.498. The molecule has 25 heavy (non-hydrogen) atoms. The molecule has 0 unspecified atom stereocenters. The van der Waals surface area contributed by atoms with E-state index in [1.165, 1.54) is 29.3 Å². The van der Waals surface area contributed by atoms with Gasteiger partial charge in [0.15, 0.2) is 11.8 Å². The predicted molar refractivity (Wildman–Crippen MR) is 91.4 cm³/mol. The summed E-state index contributed by atoms with van der Waals surface area (Å²) in [5, 5.41) is 9.57. The van der Waals surface area contributed by atoms with E-state index >= 15 is 0 Å². The van der Waals surface area contributed by atoms with E-state index in [1.807, 2.05) is 18.2 Å². The monoisotopic (exact) mass is 357 g/mol. The molecule has 0 amide bonds. The number of rotatable bonds is 6. The van der Waals surface area contributed by atoms with Gasteiger partial charge >= 0.3 is 5.97 Å². The fourth-order valence-corrected chi connectivity index (χ4v) is 2.98. The maximum atomic E-state index is 12.5. The number of carbonyl (C=O) groups is 2. The zero-order chi connectivity index (χ0) is 17.8. The number of para-hydroxylation sites is 1. The van der Waals surface area contributed by atoms with Gasteiger partial charge in [0.2, 0.25) is 5.78 Å². The molecule has 1 aromatic carbocycles. The maximum Gasteiger partial charge on any atom is 0.350 e. The lowest BCUT2D eigenvalue weighted by Crippen LogP contribution is -2.24. The summed E-state index contributed by atoms with van der Waals surface area (Å²) < 4.78 is 11.7. The maximum absolute atomic E-state index is 12.5. The highest BCUT2D eigenvalue weighted by Gasteiger charge is 2.22. The average molecular weight is 357 g/mol. The van der Waals surface area contributed by atoms with Crippen molar-refractivity contribution >= 4 is 23.1 Å². The second kappa shape index (κ2) is 7.27. The number of hydrogen-bond donors (Lipinski definition) is 0. The lowest BCUT2D eigenvalue weighted by atomic mass is 10.2. The molecular formula is C17H15N3O4S. The Bertz CT molecular complexity index is 888. The highest BCUT2D eigenvalue weighted by atomic mass is 32.1. The van der Waals surface area contributed by atoms with E-state index in [4.69, 9.17) is 9.47 Å². The Labute approximate surface area is 147 Å². The summed E-state index contributed by atoms with van der Waals surface area (Å²) in [6.45, 7) is 1.65. The third-order valence-corrected chi connectivity index (χ3v) is 4.32. The molecule has 3 aromatic rings. The fraction of sp³-hybridized carbons (Fsp3) is 0.176. The van der Waals surface area contributed by atoms with Crippen LogP contribution in [0.5, 0.6) is 5.75 Å². The SMILES string of the molecule is COC(=O)c1sccc1-n1cc(C(=O)[C@H](C)Oc2ccccc2)nn1. The van der Waals surface area contributed by atoms with Crippen molar-refractivity contribution in [2.75, 3.05) is 7.11 Å². The normalized spacial score (nSPS) is 11.8. The van der Waals surface area contributed by atoms with E-state index in [1.54, 1.807) is 30.5 Å². The molecule has 3 rings (SSSR count). The Morgan fingerprint density at radius 2 is 1.96 bits per heavy atom. The molecule has 0 aliphatic rings. The van der Waals surface area contributed by atoms with Crippen molar-refractivity contribution in [2.24, 2.45) is 0 Å². The van der Waals surface area contributed by atoms with E-state index in [0.29, 0.717) is 16.3 Å². The van der Waals surface area contributed by atoms with Crippen LogP contribution in [0.15, 0.2) is 48.0 Å². The van der Waals surface area contributed by atoms with E-state index in [9.17, 15) is 9.59 Å². The summed E-state index contributed by atoms with van der Waals surface area (Å²) in [5.41, 5.74) is 0.672. The number of Topliss-reactive ketones (excluding diaryl/α,β-unsaturated/α-hetero) is 1. The lowest BCUT2D eigenvalue weighted by molar-refractivity contribution is 0.0606. The molecule has 0 saturated carbocycles. The number of hydrogen-bond acceptors (Lipinski definition) is 7. The Hall–Kier alpha value is -3.00. The van der Waals surface area contributed by atoms with Crippen molar-refractivity contribution in [3.63, 3.8) is 0 Å². The largest absolute Gasteiger partial charge is 0.483 e. The number of ketones is 1. The number of methoxy groups -OCH3 is 1. The van der Waals surface area contributed by atoms with Gasteiger partial charge in [0.05, 0.1) is 19.0 Å². The average Bonchev–Trinajstić information content (AvgIpc) is 3.30. The first kappa shape index (κ1) is 16.8. The van der Waals surface area contributed by atoms with Gasteiger partial charge in [-0.2, -0.15) is 0 Å². The first-order chi connectivity index (χ1) is 12.1. The molecule has 0 radical (unpaired) electrons. The number of nitrogens with zero attached hydrogens (tertiary/aromatic N) is 3. The number of esters is 1. The summed E-state index contributed by atoms with van der Waals surface area (Å²) in [4.78, 5) is 24.6. The van der Waals surface area contributed by atoms with Crippen LogP contribution in [0.1, 0.15) is 27.1 Å². The summed E-state index contributed by atoms with van der Waals surface area (Å²) in [6.07, 6.45) is 0.761. The molecule has 0 spiro atoms. The van der Waals surface area contributed by atoms with Crippen molar-refractivity contribution in [2.45, 2.75) is 13.0 Å². The minimum absolute atomic E-state index is 0.158. The third-order valence-electron chi connectivity index (χ3n) is 3.43. The summed E-state index contributed by atoms with van der Waals surface area (Å²) >= 11 is 1.23. The fourth-order valence-electron chi connectivity index (χ4n) is 2.19. The molecule has 2 heterocycles. The topological polar surface area (TPSA) is 83.3 Å². The summed E-state index contributed by atoms with van der Waals surface area (Å²) in [7, 11) is 1.31. The van der Waals surface area contributed by atoms with Crippen molar-refractivity contribution in [3.8, 4) is 11.4 Å². The van der Waals surface area contributed by atoms with Crippen molar-refractivity contribution in [3.05, 3.63) is 58.5 Å². The zero-order valence-electron chi connectivity index (χ0n) is 13.6. The van der Waals surface area contributed by atoms with Crippen LogP contribution < -0.4 is 4.74 Å². The van der Waals surface area contributed by atoms with Gasteiger partial charge in [0.1, 0.15) is 10.6 Å². The highest BCUT2D eigenvalue weighted by molar-refractivity contribution is 7.12. The Kier molecular flexibility index (Phi) is 4.90. The molecule has 0 N–H and O–H groups in total. The first-order valence-electron chi connectivity index (χ1n) is 7.44. The summed E-state index contributed by atoms with van der Waals surface area (Å²) in [5.74, 6) is -0.166. The lowest BCUT2D eigenvalue weighted by Gasteiger charge is -2.11. The van der Waals surface area contributed by atoms with Crippen LogP contribution in [0.4, 0.5) is 0 Å². The van der Waals surface area contributed by atoms with Crippen molar-refractivity contribution in [1.29, 1.82) is 0 Å². The van der Waals surface area contributed by atoms with Gasteiger partial charge < -0.3 is 9.47 Å². The second-order valence-electron chi connectivity index (χ2n) is 5.11. The van der Waals surface area contributed by atoms with Crippen LogP contribution in [-0.4, -0.2) is 40.0 Å². The van der Waals surface area contributed by atoms with Crippen LogP contribution in [0.3, 0.4) is 0 Å². The molecule has 128 valence electrons.